The largest absolute Gasteiger partial charge is 0.0656 e. The summed E-state index contributed by atoms with van der Waals surface area (Å²) in [5.74, 6) is 0. The molecule has 0 nitrogen and oxygen atoms in total. The van der Waals surface area contributed by atoms with Crippen LogP contribution in [0.15, 0.2) is 78.9 Å². The van der Waals surface area contributed by atoms with Crippen LogP contribution in [0.25, 0.3) is 0 Å². The smallest absolute Gasteiger partial charge is 0.00205 e. The summed E-state index contributed by atoms with van der Waals surface area (Å²) in [7, 11) is 0. The fourth-order valence-corrected chi connectivity index (χ4v) is 2.36. The molecule has 3 aromatic rings. The summed E-state index contributed by atoms with van der Waals surface area (Å²) in [4.78, 5) is 0. The Morgan fingerprint density at radius 3 is 1.20 bits per heavy atom. The highest BCUT2D eigenvalue weighted by atomic mass is 14.1. The first-order chi connectivity index (χ1) is 12.1. The molecule has 0 amide bonds. The van der Waals surface area contributed by atoms with Gasteiger partial charge in [0.15, 0.2) is 0 Å². The van der Waals surface area contributed by atoms with Gasteiger partial charge in [0.2, 0.25) is 0 Å². The quantitative estimate of drug-likeness (QED) is 0.461. The van der Waals surface area contributed by atoms with Crippen molar-refractivity contribution in [1.29, 1.82) is 0 Å². The fraction of sp³-hybridized carbons (Fsp3) is 0.280. The van der Waals surface area contributed by atoms with Gasteiger partial charge in [-0.1, -0.05) is 105 Å². The summed E-state index contributed by atoms with van der Waals surface area (Å²) in [6, 6.07) is 27.4. The van der Waals surface area contributed by atoms with E-state index in [4.69, 9.17) is 0 Å². The molecule has 25 heavy (non-hydrogen) atoms. The molecule has 3 aromatic carbocycles. The summed E-state index contributed by atoms with van der Waals surface area (Å²) < 4.78 is 0. The minimum absolute atomic E-state index is 1.04. The minimum Gasteiger partial charge on any atom is -0.0656 e. The van der Waals surface area contributed by atoms with E-state index >= 15 is 0 Å². The van der Waals surface area contributed by atoms with Gasteiger partial charge < -0.3 is 0 Å². The van der Waals surface area contributed by atoms with Crippen LogP contribution in [0.1, 0.15) is 48.1 Å². The monoisotopic (exact) mass is 332 g/mol. The first-order valence-electron chi connectivity index (χ1n) is 9.19. The maximum Gasteiger partial charge on any atom is -0.00205 e. The fourth-order valence-electron chi connectivity index (χ4n) is 2.36. The van der Waals surface area contributed by atoms with Gasteiger partial charge in [0.25, 0.3) is 0 Å². The zero-order valence-corrected chi connectivity index (χ0v) is 16.4. The predicted octanol–water partition coefficient (Wildman–Crippen LogP) is 7.31. The molecule has 0 atom stereocenters. The summed E-state index contributed by atoms with van der Waals surface area (Å²) >= 11 is 0. The third-order valence-corrected chi connectivity index (χ3v) is 3.84. The second-order valence-electron chi connectivity index (χ2n) is 6.39. The van der Waals surface area contributed by atoms with E-state index in [1.54, 1.807) is 0 Å². The van der Waals surface area contributed by atoms with E-state index < -0.39 is 0 Å². The number of hydrogen-bond donors (Lipinski definition) is 0. The average Bonchev–Trinajstić information content (AvgIpc) is 2.61. The van der Waals surface area contributed by atoms with E-state index in [1.165, 1.54) is 34.2 Å². The molecule has 0 aliphatic heterocycles. The van der Waals surface area contributed by atoms with Crippen molar-refractivity contribution in [3.63, 3.8) is 0 Å². The SMILES string of the molecule is CCC.Cc1ccccc1.Cc1ccccc1Cc1ccccc1C. The standard InChI is InChI=1S/C15H16.C7H8.C3H8/c1-12-7-3-5-9-14(12)11-15-10-6-4-8-13(15)2;1-7-5-3-2-4-6-7;1-3-2/h3-10H,11H2,1-2H3;2-6H,1H3;3H2,1-2H3. The van der Waals surface area contributed by atoms with Gasteiger partial charge in [0, 0.05) is 0 Å². The molecule has 3 rings (SSSR count). The van der Waals surface area contributed by atoms with Gasteiger partial charge in [-0.05, 0) is 49.4 Å². The topological polar surface area (TPSA) is 0 Å². The highest BCUT2D eigenvalue weighted by Gasteiger charge is 2.01. The molecule has 0 unspecified atom stereocenters. The molecule has 0 N–H and O–H groups in total. The zero-order valence-electron chi connectivity index (χ0n) is 16.4. The van der Waals surface area contributed by atoms with Gasteiger partial charge >= 0.3 is 0 Å². The molecule has 0 heterocycles. The number of benzene rings is 3. The number of rotatable bonds is 2. The maximum atomic E-state index is 2.21. The Balaban J connectivity index is 0.000000260. The van der Waals surface area contributed by atoms with Crippen molar-refractivity contribution in [2.45, 2.75) is 47.5 Å². The van der Waals surface area contributed by atoms with Crippen molar-refractivity contribution in [1.82, 2.24) is 0 Å². The van der Waals surface area contributed by atoms with Crippen molar-refractivity contribution in [3.05, 3.63) is 107 Å². The second-order valence-corrected chi connectivity index (χ2v) is 6.39. The zero-order chi connectivity index (χ0) is 18.5. The Morgan fingerprint density at radius 2 is 0.880 bits per heavy atom. The van der Waals surface area contributed by atoms with E-state index in [1.807, 2.05) is 18.2 Å². The molecule has 0 aliphatic carbocycles. The molecule has 0 bridgehead atoms. The Kier molecular flexibility index (Phi) is 10.0. The molecule has 0 aromatic heterocycles. The Hall–Kier alpha value is -2.34. The summed E-state index contributed by atoms with van der Waals surface area (Å²) in [5.41, 5.74) is 6.92. The van der Waals surface area contributed by atoms with Gasteiger partial charge in [-0.3, -0.25) is 0 Å². The van der Waals surface area contributed by atoms with Gasteiger partial charge in [-0.15, -0.1) is 0 Å². The molecule has 0 saturated heterocycles. The van der Waals surface area contributed by atoms with Crippen LogP contribution in [0.4, 0.5) is 0 Å². The molecule has 0 saturated carbocycles. The summed E-state index contributed by atoms with van der Waals surface area (Å²) in [6.07, 6.45) is 2.29. The summed E-state index contributed by atoms with van der Waals surface area (Å²) in [5, 5.41) is 0. The highest BCUT2D eigenvalue weighted by molar-refractivity contribution is 5.35. The third-order valence-electron chi connectivity index (χ3n) is 3.84. The Labute approximate surface area is 154 Å². The van der Waals surface area contributed by atoms with Crippen LogP contribution in [0.3, 0.4) is 0 Å². The third kappa shape index (κ3) is 8.35. The van der Waals surface area contributed by atoms with Gasteiger partial charge in [0.05, 0.1) is 0 Å². The lowest BCUT2D eigenvalue weighted by Crippen LogP contribution is -1.93. The van der Waals surface area contributed by atoms with Gasteiger partial charge in [-0.2, -0.15) is 0 Å². The van der Waals surface area contributed by atoms with Crippen LogP contribution in [0, 0.1) is 20.8 Å². The van der Waals surface area contributed by atoms with Crippen LogP contribution < -0.4 is 0 Å². The lowest BCUT2D eigenvalue weighted by Gasteiger charge is -2.07. The van der Waals surface area contributed by atoms with Gasteiger partial charge in [0.1, 0.15) is 0 Å². The normalized spacial score (nSPS) is 9.32. The lowest BCUT2D eigenvalue weighted by atomic mass is 9.98. The van der Waals surface area contributed by atoms with Crippen molar-refractivity contribution in [2.75, 3.05) is 0 Å². The molecule has 0 spiro atoms. The lowest BCUT2D eigenvalue weighted by molar-refractivity contribution is 1.09. The highest BCUT2D eigenvalue weighted by Crippen LogP contribution is 2.16. The van der Waals surface area contributed by atoms with Crippen LogP contribution in [0.5, 0.6) is 0 Å². The molecular weight excluding hydrogens is 300 g/mol. The van der Waals surface area contributed by atoms with Crippen molar-refractivity contribution < 1.29 is 0 Å². The van der Waals surface area contributed by atoms with Crippen LogP contribution >= 0.6 is 0 Å². The maximum absolute atomic E-state index is 2.21. The van der Waals surface area contributed by atoms with E-state index in [2.05, 4.69) is 95.3 Å². The van der Waals surface area contributed by atoms with E-state index in [-0.39, 0.29) is 0 Å². The first kappa shape index (κ1) is 20.7. The Morgan fingerprint density at radius 1 is 0.520 bits per heavy atom. The molecule has 0 heteroatoms. The molecule has 0 radical (unpaired) electrons. The first-order valence-corrected chi connectivity index (χ1v) is 9.19. The summed E-state index contributed by atoms with van der Waals surface area (Å²) in [6.45, 7) is 10.7. The average molecular weight is 333 g/mol. The molecular formula is C25H32. The molecule has 0 fully saturated rings. The Bertz CT molecular complexity index is 667. The number of hydrogen-bond acceptors (Lipinski definition) is 0. The van der Waals surface area contributed by atoms with E-state index in [9.17, 15) is 0 Å². The second kappa shape index (κ2) is 12.1. The molecule has 132 valence electrons. The van der Waals surface area contributed by atoms with Crippen molar-refractivity contribution >= 4 is 0 Å². The van der Waals surface area contributed by atoms with Crippen molar-refractivity contribution in [2.24, 2.45) is 0 Å². The van der Waals surface area contributed by atoms with Crippen molar-refractivity contribution in [3.8, 4) is 0 Å². The number of aryl methyl sites for hydroxylation is 3. The van der Waals surface area contributed by atoms with E-state index in [0.717, 1.165) is 6.42 Å². The van der Waals surface area contributed by atoms with Gasteiger partial charge in [-0.25, -0.2) is 0 Å². The van der Waals surface area contributed by atoms with Crippen LogP contribution in [-0.2, 0) is 6.42 Å². The van der Waals surface area contributed by atoms with E-state index in [0.29, 0.717) is 0 Å². The molecule has 0 aliphatic rings. The predicted molar refractivity (Wildman–Crippen MR) is 112 cm³/mol. The van der Waals surface area contributed by atoms with Crippen LogP contribution in [-0.4, -0.2) is 0 Å². The minimum atomic E-state index is 1.04. The van der Waals surface area contributed by atoms with Crippen LogP contribution in [0.2, 0.25) is 0 Å².